The van der Waals surface area contributed by atoms with Crippen molar-refractivity contribution in [2.45, 2.75) is 38.9 Å². The van der Waals surface area contributed by atoms with Crippen molar-refractivity contribution >= 4 is 45.6 Å². The average Bonchev–Trinajstić information content (AvgIpc) is 2.35. The molecule has 1 rings (SSSR count). The van der Waals surface area contributed by atoms with Crippen LogP contribution in [-0.4, -0.2) is 26.3 Å². The van der Waals surface area contributed by atoms with E-state index < -0.39 is 4.75 Å². The molecule has 0 aromatic rings. The summed E-state index contributed by atoms with van der Waals surface area (Å²) in [6.45, 7) is 8.28. The molecule has 0 aromatic heterocycles. The number of rotatable bonds is 2. The van der Waals surface area contributed by atoms with Crippen molar-refractivity contribution in [2.75, 3.05) is 6.54 Å². The number of hydrazone groups is 1. The molecule has 18 heavy (non-hydrogen) atoms. The van der Waals surface area contributed by atoms with Crippen molar-refractivity contribution in [1.29, 1.82) is 5.26 Å². The Morgan fingerprint density at radius 2 is 2.28 bits per heavy atom. The fourth-order valence-electron chi connectivity index (χ4n) is 1.39. The van der Waals surface area contributed by atoms with Gasteiger partial charge in [-0.1, -0.05) is 42.5 Å². The van der Waals surface area contributed by atoms with Crippen LogP contribution in [0.1, 0.15) is 34.1 Å². The molecule has 0 saturated heterocycles. The number of hydrogen-bond acceptors (Lipinski definition) is 4. The topological polar surface area (TPSA) is 39.4 Å². The van der Waals surface area contributed by atoms with E-state index in [4.69, 9.17) is 29.1 Å². The molecule has 98 valence electrons. The highest BCUT2D eigenvalue weighted by Crippen LogP contribution is 2.32. The molecule has 0 N–H and O–H groups in total. The Labute approximate surface area is 123 Å². The number of halogens is 1. The highest BCUT2D eigenvalue weighted by molar-refractivity contribution is 8.23. The molecule has 0 bridgehead atoms. The van der Waals surface area contributed by atoms with Gasteiger partial charge in [-0.05, 0) is 32.8 Å². The normalized spacial score (nSPS) is 19.1. The van der Waals surface area contributed by atoms with Crippen LogP contribution in [-0.2, 0) is 0 Å². The highest BCUT2D eigenvalue weighted by atomic mass is 35.5. The summed E-state index contributed by atoms with van der Waals surface area (Å²) in [6, 6.07) is 2.29. The van der Waals surface area contributed by atoms with Gasteiger partial charge in [0.15, 0.2) is 4.32 Å². The zero-order chi connectivity index (χ0) is 13.9. The SMILES string of the molecule is CCC(C)(C#N)SC(=S)N1CC(C)=C(Cl)C(C)=N1. The Hall–Kier alpha value is -0.570. The molecular weight excluding hydrogens is 286 g/mol. The first-order chi connectivity index (χ1) is 8.33. The van der Waals surface area contributed by atoms with Gasteiger partial charge in [0, 0.05) is 0 Å². The van der Waals surface area contributed by atoms with E-state index in [1.807, 2.05) is 27.7 Å². The Morgan fingerprint density at radius 3 is 2.72 bits per heavy atom. The van der Waals surface area contributed by atoms with Crippen LogP contribution in [0.2, 0.25) is 0 Å². The second-order valence-electron chi connectivity index (χ2n) is 4.40. The van der Waals surface area contributed by atoms with Crippen LogP contribution in [0.15, 0.2) is 15.7 Å². The lowest BCUT2D eigenvalue weighted by atomic mass is 10.1. The molecule has 1 unspecified atom stereocenters. The summed E-state index contributed by atoms with van der Waals surface area (Å²) >= 11 is 12.8. The van der Waals surface area contributed by atoms with E-state index in [2.05, 4.69) is 11.2 Å². The minimum Gasteiger partial charge on any atom is -0.244 e. The third kappa shape index (κ3) is 3.47. The van der Waals surface area contributed by atoms with Crippen molar-refractivity contribution < 1.29 is 0 Å². The van der Waals surface area contributed by atoms with Crippen LogP contribution in [0.3, 0.4) is 0 Å². The van der Waals surface area contributed by atoms with Gasteiger partial charge >= 0.3 is 0 Å². The van der Waals surface area contributed by atoms with E-state index in [1.165, 1.54) is 11.8 Å². The van der Waals surface area contributed by atoms with Gasteiger partial charge in [0.25, 0.3) is 0 Å². The molecule has 6 heteroatoms. The van der Waals surface area contributed by atoms with Gasteiger partial charge in [-0.15, -0.1) is 0 Å². The molecule has 0 spiro atoms. The first kappa shape index (κ1) is 15.5. The number of thiocarbonyl (C=S) groups is 1. The summed E-state index contributed by atoms with van der Waals surface area (Å²) in [4.78, 5) is 0. The number of thioether (sulfide) groups is 1. The van der Waals surface area contributed by atoms with E-state index in [0.29, 0.717) is 15.9 Å². The molecule has 0 fully saturated rings. The summed E-state index contributed by atoms with van der Waals surface area (Å²) in [5, 5.41) is 16.0. The Balaban J connectivity index is 2.81. The number of nitriles is 1. The van der Waals surface area contributed by atoms with Gasteiger partial charge < -0.3 is 0 Å². The largest absolute Gasteiger partial charge is 0.244 e. The zero-order valence-corrected chi connectivity index (χ0v) is 13.3. The maximum Gasteiger partial charge on any atom is 0.158 e. The Kier molecular flexibility index (Phi) is 5.20. The van der Waals surface area contributed by atoms with E-state index in [1.54, 1.807) is 5.01 Å². The van der Waals surface area contributed by atoms with Crippen LogP contribution in [0.4, 0.5) is 0 Å². The van der Waals surface area contributed by atoms with Crippen LogP contribution in [0.5, 0.6) is 0 Å². The molecule has 0 aromatic carbocycles. The minimum atomic E-state index is -0.501. The first-order valence-corrected chi connectivity index (χ1v) is 7.26. The predicted octanol–water partition coefficient (Wildman–Crippen LogP) is 3.90. The van der Waals surface area contributed by atoms with E-state index in [0.717, 1.165) is 17.7 Å². The van der Waals surface area contributed by atoms with E-state index in [9.17, 15) is 0 Å². The van der Waals surface area contributed by atoms with Gasteiger partial charge in [0.05, 0.1) is 23.4 Å². The molecule has 1 aliphatic rings. The van der Waals surface area contributed by atoms with Crippen molar-refractivity contribution in [2.24, 2.45) is 5.10 Å². The lowest BCUT2D eigenvalue weighted by Gasteiger charge is -2.28. The molecule has 0 saturated carbocycles. The third-order valence-electron chi connectivity index (χ3n) is 2.78. The quantitative estimate of drug-likeness (QED) is 0.725. The molecule has 0 radical (unpaired) electrons. The summed E-state index contributed by atoms with van der Waals surface area (Å²) in [5.74, 6) is 0. The molecule has 1 heterocycles. The van der Waals surface area contributed by atoms with E-state index >= 15 is 0 Å². The van der Waals surface area contributed by atoms with Crippen molar-refractivity contribution in [3.05, 3.63) is 10.6 Å². The monoisotopic (exact) mass is 301 g/mol. The van der Waals surface area contributed by atoms with Gasteiger partial charge in [-0.25, -0.2) is 5.01 Å². The van der Waals surface area contributed by atoms with Gasteiger partial charge in [-0.2, -0.15) is 10.4 Å². The van der Waals surface area contributed by atoms with Crippen molar-refractivity contribution in [3.8, 4) is 6.07 Å². The summed E-state index contributed by atoms with van der Waals surface area (Å²) in [7, 11) is 0. The number of nitrogens with zero attached hydrogens (tertiary/aromatic N) is 3. The fraction of sp³-hybridized carbons (Fsp3) is 0.583. The smallest absolute Gasteiger partial charge is 0.158 e. The molecule has 3 nitrogen and oxygen atoms in total. The lowest BCUT2D eigenvalue weighted by Crippen LogP contribution is -2.32. The van der Waals surface area contributed by atoms with E-state index in [-0.39, 0.29) is 0 Å². The predicted molar refractivity (Wildman–Crippen MR) is 82.9 cm³/mol. The maximum absolute atomic E-state index is 9.16. The van der Waals surface area contributed by atoms with Gasteiger partial charge in [0.2, 0.25) is 0 Å². The molecule has 1 atom stereocenters. The molecule has 1 aliphatic heterocycles. The molecular formula is C12H16ClN3S2. The minimum absolute atomic E-state index is 0.501. The molecule has 0 amide bonds. The number of allylic oxidation sites excluding steroid dienone is 1. The highest BCUT2D eigenvalue weighted by Gasteiger charge is 2.28. The Morgan fingerprint density at radius 1 is 1.67 bits per heavy atom. The maximum atomic E-state index is 9.16. The third-order valence-corrected chi connectivity index (χ3v) is 5.06. The van der Waals surface area contributed by atoms with Crippen LogP contribution in [0, 0.1) is 11.3 Å². The van der Waals surface area contributed by atoms with Crippen LogP contribution < -0.4 is 0 Å². The Bertz CT molecular complexity index is 464. The molecule has 0 aliphatic carbocycles. The summed E-state index contributed by atoms with van der Waals surface area (Å²) in [6.07, 6.45) is 0.737. The second-order valence-corrected chi connectivity index (χ2v) is 6.92. The standard InChI is InChI=1S/C12H16ClN3S2/c1-5-12(4,7-14)18-11(17)16-6-8(2)10(13)9(3)15-16/h5-6H2,1-4H3. The van der Waals surface area contributed by atoms with Crippen molar-refractivity contribution in [1.82, 2.24) is 5.01 Å². The average molecular weight is 302 g/mol. The zero-order valence-electron chi connectivity index (χ0n) is 11.0. The number of hydrogen-bond donors (Lipinski definition) is 0. The second kappa shape index (κ2) is 6.05. The summed E-state index contributed by atoms with van der Waals surface area (Å²) < 4.78 is 0.114. The fourth-order valence-corrected chi connectivity index (χ4v) is 2.93. The summed E-state index contributed by atoms with van der Waals surface area (Å²) in [5.41, 5.74) is 1.81. The van der Waals surface area contributed by atoms with Gasteiger partial charge in [-0.3, -0.25) is 0 Å². The van der Waals surface area contributed by atoms with Crippen LogP contribution in [0.25, 0.3) is 0 Å². The van der Waals surface area contributed by atoms with Crippen molar-refractivity contribution in [3.63, 3.8) is 0 Å². The lowest BCUT2D eigenvalue weighted by molar-refractivity contribution is 0.492. The first-order valence-electron chi connectivity index (χ1n) is 5.65. The van der Waals surface area contributed by atoms with Crippen LogP contribution >= 0.6 is 35.6 Å². The van der Waals surface area contributed by atoms with Gasteiger partial charge in [0.1, 0.15) is 4.75 Å².